The Morgan fingerprint density at radius 1 is 1.30 bits per heavy atom. The Kier molecular flexibility index (Phi) is 7.89. The van der Waals surface area contributed by atoms with Gasteiger partial charge in [0.1, 0.15) is 12.4 Å². The first-order valence-corrected chi connectivity index (χ1v) is 10.4. The van der Waals surface area contributed by atoms with Crippen LogP contribution in [0.15, 0.2) is 4.99 Å². The Labute approximate surface area is 162 Å². The van der Waals surface area contributed by atoms with Gasteiger partial charge in [0.15, 0.2) is 11.8 Å². The summed E-state index contributed by atoms with van der Waals surface area (Å²) in [7, 11) is 1.67. The van der Waals surface area contributed by atoms with E-state index < -0.39 is 0 Å². The van der Waals surface area contributed by atoms with Crippen LogP contribution < -0.4 is 10.6 Å². The predicted octanol–water partition coefficient (Wildman–Crippen LogP) is 1.64. The Hall–Kier alpha value is -1.67. The zero-order valence-electron chi connectivity index (χ0n) is 16.7. The first-order chi connectivity index (χ1) is 13.3. The molecule has 0 radical (unpaired) electrons. The highest BCUT2D eigenvalue weighted by Gasteiger charge is 2.22. The van der Waals surface area contributed by atoms with Crippen molar-refractivity contribution in [1.82, 2.24) is 25.4 Å². The molecule has 2 heterocycles. The third kappa shape index (κ3) is 6.17. The van der Waals surface area contributed by atoms with E-state index in [9.17, 15) is 0 Å². The van der Waals surface area contributed by atoms with E-state index in [1.165, 1.54) is 25.7 Å². The summed E-state index contributed by atoms with van der Waals surface area (Å²) in [6.07, 6.45) is 8.49. The molecule has 1 aromatic rings. The standard InChI is InChI=1S/C19H34N6O2/c1-3-20-19(21-11-6-12-27-16-7-4-5-8-16)22-15-9-10-18-23-17(14-26-2)24-25(18)13-15/h15-16H,3-14H2,1-2H3,(H2,20,21,22). The van der Waals surface area contributed by atoms with Crippen LogP contribution in [0.3, 0.4) is 0 Å². The lowest BCUT2D eigenvalue weighted by Crippen LogP contribution is -2.47. The second kappa shape index (κ2) is 10.6. The maximum absolute atomic E-state index is 5.92. The first-order valence-electron chi connectivity index (χ1n) is 10.4. The molecule has 1 aliphatic heterocycles. The number of nitrogens with one attached hydrogen (secondary N) is 2. The van der Waals surface area contributed by atoms with E-state index in [2.05, 4.69) is 27.6 Å². The van der Waals surface area contributed by atoms with Gasteiger partial charge in [0.2, 0.25) is 0 Å². The van der Waals surface area contributed by atoms with Gasteiger partial charge in [0.25, 0.3) is 0 Å². The van der Waals surface area contributed by atoms with Gasteiger partial charge >= 0.3 is 0 Å². The monoisotopic (exact) mass is 378 g/mol. The van der Waals surface area contributed by atoms with Gasteiger partial charge in [0.05, 0.1) is 12.6 Å². The van der Waals surface area contributed by atoms with Gasteiger partial charge in [0, 0.05) is 39.3 Å². The Balaban J connectivity index is 1.43. The van der Waals surface area contributed by atoms with Crippen molar-refractivity contribution in [3.63, 3.8) is 0 Å². The van der Waals surface area contributed by atoms with Crippen LogP contribution >= 0.6 is 0 Å². The Bertz CT molecular complexity index is 597. The first kappa shape index (κ1) is 20.1. The molecular weight excluding hydrogens is 344 g/mol. The van der Waals surface area contributed by atoms with Gasteiger partial charge in [-0.3, -0.25) is 4.99 Å². The van der Waals surface area contributed by atoms with Crippen LogP contribution in [0.2, 0.25) is 0 Å². The maximum Gasteiger partial charge on any atom is 0.191 e. The van der Waals surface area contributed by atoms with E-state index in [1.807, 2.05) is 4.68 Å². The third-order valence-electron chi connectivity index (χ3n) is 5.09. The Morgan fingerprint density at radius 3 is 2.93 bits per heavy atom. The zero-order chi connectivity index (χ0) is 18.9. The molecule has 2 N–H and O–H groups in total. The summed E-state index contributed by atoms with van der Waals surface area (Å²) in [4.78, 5) is 9.24. The van der Waals surface area contributed by atoms with Crippen molar-refractivity contribution in [2.45, 2.75) is 77.2 Å². The maximum atomic E-state index is 5.92. The highest BCUT2D eigenvalue weighted by atomic mass is 16.5. The number of rotatable bonds is 9. The lowest BCUT2D eigenvalue weighted by molar-refractivity contribution is 0.0579. The van der Waals surface area contributed by atoms with Gasteiger partial charge in [-0.25, -0.2) is 9.67 Å². The lowest BCUT2D eigenvalue weighted by atomic mass is 10.1. The molecule has 2 aliphatic rings. The quantitative estimate of drug-likeness (QED) is 0.386. The largest absolute Gasteiger partial charge is 0.378 e. The summed E-state index contributed by atoms with van der Waals surface area (Å²) >= 11 is 0. The van der Waals surface area contributed by atoms with E-state index in [0.29, 0.717) is 18.8 Å². The number of hydrogen-bond donors (Lipinski definition) is 2. The summed E-state index contributed by atoms with van der Waals surface area (Å²) in [6.45, 7) is 5.80. The van der Waals surface area contributed by atoms with Crippen molar-refractivity contribution in [2.75, 3.05) is 26.8 Å². The van der Waals surface area contributed by atoms with Crippen molar-refractivity contribution >= 4 is 5.96 Å². The molecule has 8 nitrogen and oxygen atoms in total. The van der Waals surface area contributed by atoms with Crippen molar-refractivity contribution < 1.29 is 9.47 Å². The van der Waals surface area contributed by atoms with Crippen LogP contribution in [-0.4, -0.2) is 59.7 Å². The summed E-state index contributed by atoms with van der Waals surface area (Å²) in [5.41, 5.74) is 0. The highest BCUT2D eigenvalue weighted by molar-refractivity contribution is 5.80. The van der Waals surface area contributed by atoms with E-state index >= 15 is 0 Å². The third-order valence-corrected chi connectivity index (χ3v) is 5.09. The number of hydrogen-bond acceptors (Lipinski definition) is 5. The zero-order valence-corrected chi connectivity index (χ0v) is 16.7. The van der Waals surface area contributed by atoms with Crippen LogP contribution in [0.5, 0.6) is 0 Å². The topological polar surface area (TPSA) is 85.6 Å². The molecule has 0 saturated heterocycles. The SMILES string of the molecule is CCNC(=NCCCOC1CCCC1)NC1CCc2nc(COC)nn2C1. The molecule has 0 amide bonds. The number of nitrogens with zero attached hydrogens (tertiary/aromatic N) is 4. The molecule has 152 valence electrons. The van der Waals surface area contributed by atoms with E-state index in [1.54, 1.807) is 7.11 Å². The number of methoxy groups -OCH3 is 1. The fourth-order valence-electron chi connectivity index (χ4n) is 3.74. The highest BCUT2D eigenvalue weighted by Crippen LogP contribution is 2.20. The molecule has 27 heavy (non-hydrogen) atoms. The number of aryl methyl sites for hydroxylation is 1. The van der Waals surface area contributed by atoms with Gasteiger partial charge in [-0.15, -0.1) is 0 Å². The summed E-state index contributed by atoms with van der Waals surface area (Å²) in [6, 6.07) is 0.308. The van der Waals surface area contributed by atoms with E-state index in [0.717, 1.165) is 63.1 Å². The lowest BCUT2D eigenvalue weighted by Gasteiger charge is -2.25. The van der Waals surface area contributed by atoms with Crippen LogP contribution in [0.4, 0.5) is 0 Å². The second-order valence-electron chi connectivity index (χ2n) is 7.33. The molecule has 1 aliphatic carbocycles. The van der Waals surface area contributed by atoms with E-state index in [-0.39, 0.29) is 0 Å². The van der Waals surface area contributed by atoms with Crippen molar-refractivity contribution in [3.05, 3.63) is 11.6 Å². The minimum absolute atomic E-state index is 0.308. The van der Waals surface area contributed by atoms with Crippen molar-refractivity contribution in [1.29, 1.82) is 0 Å². The Morgan fingerprint density at radius 2 is 2.15 bits per heavy atom. The fourth-order valence-corrected chi connectivity index (χ4v) is 3.74. The average molecular weight is 379 g/mol. The summed E-state index contributed by atoms with van der Waals surface area (Å²) in [5.74, 6) is 2.69. The molecule has 1 aromatic heterocycles. The van der Waals surface area contributed by atoms with Crippen LogP contribution in [0.25, 0.3) is 0 Å². The van der Waals surface area contributed by atoms with E-state index in [4.69, 9.17) is 14.5 Å². The molecule has 1 unspecified atom stereocenters. The average Bonchev–Trinajstić information content (AvgIpc) is 3.30. The van der Waals surface area contributed by atoms with Crippen molar-refractivity contribution in [3.8, 4) is 0 Å². The number of fused-ring (bicyclic) bond motifs is 1. The number of ether oxygens (including phenoxy) is 2. The number of aliphatic imine (C=N–C) groups is 1. The van der Waals surface area contributed by atoms with Crippen LogP contribution in [0, 0.1) is 0 Å². The predicted molar refractivity (Wildman–Crippen MR) is 105 cm³/mol. The molecular formula is C19H34N6O2. The van der Waals surface area contributed by atoms with Gasteiger partial charge in [-0.1, -0.05) is 12.8 Å². The van der Waals surface area contributed by atoms with Gasteiger partial charge in [-0.2, -0.15) is 5.10 Å². The van der Waals surface area contributed by atoms with Crippen LogP contribution in [0.1, 0.15) is 57.1 Å². The number of aromatic nitrogens is 3. The smallest absolute Gasteiger partial charge is 0.191 e. The minimum Gasteiger partial charge on any atom is -0.378 e. The van der Waals surface area contributed by atoms with Gasteiger partial charge in [-0.05, 0) is 32.6 Å². The fraction of sp³-hybridized carbons (Fsp3) is 0.842. The van der Waals surface area contributed by atoms with Crippen LogP contribution in [-0.2, 0) is 29.0 Å². The summed E-state index contributed by atoms with van der Waals surface area (Å²) < 4.78 is 13.0. The molecule has 0 bridgehead atoms. The van der Waals surface area contributed by atoms with Gasteiger partial charge < -0.3 is 20.1 Å². The molecule has 3 rings (SSSR count). The molecule has 8 heteroatoms. The molecule has 0 spiro atoms. The summed E-state index contributed by atoms with van der Waals surface area (Å²) in [5, 5.41) is 11.4. The molecule has 1 fully saturated rings. The minimum atomic E-state index is 0.308. The van der Waals surface area contributed by atoms with Crippen molar-refractivity contribution in [2.24, 2.45) is 4.99 Å². The molecule has 1 atom stereocenters. The molecule has 1 saturated carbocycles. The number of guanidine groups is 1. The second-order valence-corrected chi connectivity index (χ2v) is 7.33. The molecule has 0 aromatic carbocycles. The normalized spacial score (nSPS) is 20.7.